The number of thiophene rings is 1. The van der Waals surface area contributed by atoms with Gasteiger partial charge in [0.1, 0.15) is 0 Å². The summed E-state index contributed by atoms with van der Waals surface area (Å²) in [6.07, 6.45) is 0. The van der Waals surface area contributed by atoms with Crippen molar-refractivity contribution >= 4 is 70.7 Å². The molecule has 1 unspecified atom stereocenters. The molecule has 2 rings (SSSR count). The van der Waals surface area contributed by atoms with Gasteiger partial charge in [0.15, 0.2) is 0 Å². The number of halogens is 4. The summed E-state index contributed by atoms with van der Waals surface area (Å²) >= 11 is 18.4. The topological polar surface area (TPSA) is 0 Å². The Morgan fingerprint density at radius 1 is 1.06 bits per heavy atom. The van der Waals surface area contributed by atoms with Crippen molar-refractivity contribution in [2.24, 2.45) is 0 Å². The third kappa shape index (κ3) is 2.91. The molecule has 84 valence electrons. The van der Waals surface area contributed by atoms with Crippen LogP contribution in [0.15, 0.2) is 43.1 Å². The summed E-state index contributed by atoms with van der Waals surface area (Å²) in [7, 11) is 0. The smallest absolute Gasteiger partial charge is 0.0928 e. The number of benzene rings is 1. The molecule has 0 aliphatic carbocycles. The first-order valence-electron chi connectivity index (χ1n) is 4.42. The Labute approximate surface area is 128 Å². The van der Waals surface area contributed by atoms with Crippen LogP contribution in [-0.4, -0.2) is 0 Å². The van der Waals surface area contributed by atoms with Crippen LogP contribution in [0.1, 0.15) is 15.8 Å². The highest BCUT2D eigenvalue weighted by Crippen LogP contribution is 2.40. The largest absolute Gasteiger partial charge is 0.130 e. The number of alkyl halides is 1. The lowest BCUT2D eigenvalue weighted by atomic mass is 10.1. The van der Waals surface area contributed by atoms with E-state index >= 15 is 0 Å². The molecule has 16 heavy (non-hydrogen) atoms. The van der Waals surface area contributed by atoms with Crippen molar-refractivity contribution < 1.29 is 0 Å². The first-order chi connectivity index (χ1) is 7.58. The minimum absolute atomic E-state index is 0.0966. The van der Waals surface area contributed by atoms with Crippen molar-refractivity contribution in [2.75, 3.05) is 0 Å². The quantitative estimate of drug-likeness (QED) is 0.472. The van der Waals surface area contributed by atoms with Gasteiger partial charge in [0.25, 0.3) is 0 Å². The third-order valence-corrected chi connectivity index (χ3v) is 6.54. The third-order valence-electron chi connectivity index (χ3n) is 2.08. The molecule has 5 heteroatoms. The summed E-state index contributed by atoms with van der Waals surface area (Å²) in [4.78, 5) is 1.13. The highest BCUT2D eigenvalue weighted by atomic mass is 79.9. The van der Waals surface area contributed by atoms with Gasteiger partial charge < -0.3 is 0 Å². The van der Waals surface area contributed by atoms with Crippen LogP contribution in [0.25, 0.3) is 0 Å². The van der Waals surface area contributed by atoms with E-state index in [0.29, 0.717) is 0 Å². The second-order valence-corrected chi connectivity index (χ2v) is 7.79. The van der Waals surface area contributed by atoms with Crippen molar-refractivity contribution in [3.63, 3.8) is 0 Å². The van der Waals surface area contributed by atoms with Gasteiger partial charge in [-0.2, -0.15) is 0 Å². The molecule has 1 heterocycles. The Kier molecular flexibility index (Phi) is 4.52. The van der Waals surface area contributed by atoms with Crippen molar-refractivity contribution in [1.29, 1.82) is 0 Å². The fourth-order valence-electron chi connectivity index (χ4n) is 1.28. The first kappa shape index (κ1) is 13.1. The molecule has 2 aromatic rings. The fourth-order valence-corrected chi connectivity index (χ4v) is 3.99. The van der Waals surface area contributed by atoms with E-state index in [-0.39, 0.29) is 5.38 Å². The van der Waals surface area contributed by atoms with Crippen LogP contribution >= 0.6 is 70.7 Å². The monoisotopic (exact) mass is 442 g/mol. The minimum atomic E-state index is -0.0966. The molecule has 0 saturated heterocycles. The molecule has 0 N–H and O–H groups in total. The van der Waals surface area contributed by atoms with Gasteiger partial charge in [-0.05, 0) is 55.6 Å². The molecule has 0 radical (unpaired) electrons. The molecule has 0 amide bonds. The van der Waals surface area contributed by atoms with Crippen molar-refractivity contribution in [1.82, 2.24) is 0 Å². The molecule has 0 saturated carbocycles. The maximum absolute atomic E-state index is 6.42. The van der Waals surface area contributed by atoms with Gasteiger partial charge in [0, 0.05) is 13.8 Å². The van der Waals surface area contributed by atoms with Crippen LogP contribution in [-0.2, 0) is 0 Å². The van der Waals surface area contributed by atoms with Crippen LogP contribution in [0.3, 0.4) is 0 Å². The summed E-state index contributed by atoms with van der Waals surface area (Å²) in [6.45, 7) is 0. The fraction of sp³-hybridized carbons (Fsp3) is 0.0909. The SMILES string of the molecule is ClC(c1ccc(Br)cc1)c1cc(Br)c(Br)s1. The van der Waals surface area contributed by atoms with Crippen molar-refractivity contribution in [3.05, 3.63) is 53.5 Å². The van der Waals surface area contributed by atoms with Crippen LogP contribution in [0.4, 0.5) is 0 Å². The van der Waals surface area contributed by atoms with Gasteiger partial charge in [-0.3, -0.25) is 0 Å². The Bertz CT molecular complexity index is 473. The number of hydrogen-bond donors (Lipinski definition) is 0. The normalized spacial score (nSPS) is 12.8. The highest BCUT2D eigenvalue weighted by molar-refractivity contribution is 9.13. The van der Waals surface area contributed by atoms with E-state index in [0.717, 1.165) is 23.2 Å². The maximum atomic E-state index is 6.42. The molecule has 0 bridgehead atoms. The average molecular weight is 445 g/mol. The van der Waals surface area contributed by atoms with Gasteiger partial charge in [0.05, 0.1) is 9.16 Å². The van der Waals surface area contributed by atoms with E-state index in [4.69, 9.17) is 11.6 Å². The molecule has 0 fully saturated rings. The second-order valence-electron chi connectivity index (χ2n) is 3.18. The number of rotatable bonds is 2. The first-order valence-corrected chi connectivity index (χ1v) is 8.05. The van der Waals surface area contributed by atoms with Gasteiger partial charge >= 0.3 is 0 Å². The lowest BCUT2D eigenvalue weighted by Gasteiger charge is -2.07. The molecule has 1 aromatic carbocycles. The molecule has 0 aliphatic rings. The Morgan fingerprint density at radius 3 is 2.19 bits per heavy atom. The lowest BCUT2D eigenvalue weighted by molar-refractivity contribution is 1.18. The highest BCUT2D eigenvalue weighted by Gasteiger charge is 2.15. The van der Waals surface area contributed by atoms with Gasteiger partial charge in [0.2, 0.25) is 0 Å². The number of hydrogen-bond acceptors (Lipinski definition) is 1. The summed E-state index contributed by atoms with van der Waals surface area (Å²) in [6, 6.07) is 10.1. The van der Waals surface area contributed by atoms with E-state index < -0.39 is 0 Å². The molecule has 1 aromatic heterocycles. The van der Waals surface area contributed by atoms with E-state index in [1.807, 2.05) is 24.3 Å². The van der Waals surface area contributed by atoms with Gasteiger partial charge in [-0.25, -0.2) is 0 Å². The van der Waals surface area contributed by atoms with E-state index in [1.165, 1.54) is 0 Å². The van der Waals surface area contributed by atoms with Crippen LogP contribution in [0.5, 0.6) is 0 Å². The van der Waals surface area contributed by atoms with Gasteiger partial charge in [-0.15, -0.1) is 22.9 Å². The molecule has 0 aliphatic heterocycles. The zero-order valence-corrected chi connectivity index (χ0v) is 14.2. The molecular weight excluding hydrogens is 439 g/mol. The van der Waals surface area contributed by atoms with Crippen LogP contribution < -0.4 is 0 Å². The van der Waals surface area contributed by atoms with Gasteiger partial charge in [-0.1, -0.05) is 28.1 Å². The summed E-state index contributed by atoms with van der Waals surface area (Å²) in [5.41, 5.74) is 1.10. The Morgan fingerprint density at radius 2 is 1.69 bits per heavy atom. The Balaban J connectivity index is 2.31. The standard InChI is InChI=1S/C11H6Br3ClS/c12-7-3-1-6(2-4-7)10(15)9-5-8(13)11(14)16-9/h1-5,10H. The lowest BCUT2D eigenvalue weighted by Crippen LogP contribution is -1.88. The Hall–Kier alpha value is 0.650. The zero-order chi connectivity index (χ0) is 11.7. The summed E-state index contributed by atoms with van der Waals surface area (Å²) in [5, 5.41) is -0.0966. The van der Waals surface area contributed by atoms with Crippen molar-refractivity contribution in [2.45, 2.75) is 5.38 Å². The predicted octanol–water partition coefficient (Wildman–Crippen LogP) is 6.36. The molecule has 0 spiro atoms. The zero-order valence-electron chi connectivity index (χ0n) is 7.88. The van der Waals surface area contributed by atoms with E-state index in [9.17, 15) is 0 Å². The average Bonchev–Trinajstić information content (AvgIpc) is 2.59. The second kappa shape index (κ2) is 5.53. The molecule has 1 atom stereocenters. The van der Waals surface area contributed by atoms with E-state index in [2.05, 4.69) is 53.9 Å². The van der Waals surface area contributed by atoms with Crippen LogP contribution in [0.2, 0.25) is 0 Å². The van der Waals surface area contributed by atoms with E-state index in [1.54, 1.807) is 11.3 Å². The summed E-state index contributed by atoms with van der Waals surface area (Å²) in [5.74, 6) is 0. The molecular formula is C11H6Br3ClS. The summed E-state index contributed by atoms with van der Waals surface area (Å²) < 4.78 is 3.19. The van der Waals surface area contributed by atoms with Crippen molar-refractivity contribution in [3.8, 4) is 0 Å². The minimum Gasteiger partial charge on any atom is -0.130 e. The molecule has 0 nitrogen and oxygen atoms in total. The van der Waals surface area contributed by atoms with Crippen LogP contribution in [0, 0.1) is 0 Å². The predicted molar refractivity (Wildman–Crippen MR) is 81.6 cm³/mol. The maximum Gasteiger partial charge on any atom is 0.0928 e.